The van der Waals surface area contributed by atoms with E-state index in [1.807, 2.05) is 13.0 Å². The highest BCUT2D eigenvalue weighted by atomic mass is 19.1. The largest absolute Gasteiger partial charge is 0.332 e. The number of hydrogen-bond donors (Lipinski definition) is 0. The van der Waals surface area contributed by atoms with Crippen molar-refractivity contribution in [1.29, 1.82) is 0 Å². The van der Waals surface area contributed by atoms with Crippen LogP contribution in [0.4, 0.5) is 8.78 Å². The number of halogens is 2. The summed E-state index contributed by atoms with van der Waals surface area (Å²) in [4.78, 5) is 16.4. The molecule has 4 aromatic heterocycles. The van der Waals surface area contributed by atoms with Crippen LogP contribution in [-0.2, 0) is 0 Å². The molecule has 26 heavy (non-hydrogen) atoms. The molecule has 0 radical (unpaired) electrons. The first-order valence-electron chi connectivity index (χ1n) is 7.64. The minimum absolute atomic E-state index is 0.150. The number of hydrogen-bond acceptors (Lipinski definition) is 6. The van der Waals surface area contributed by atoms with Crippen molar-refractivity contribution in [3.05, 3.63) is 66.3 Å². The fraction of sp³-hybridized carbons (Fsp3) is 0.0556. The van der Waals surface area contributed by atoms with Gasteiger partial charge in [0.2, 0.25) is 5.82 Å². The topological polar surface area (TPSA) is 77.6 Å². The van der Waals surface area contributed by atoms with E-state index in [0.717, 1.165) is 18.0 Å². The molecule has 0 aliphatic heterocycles. The van der Waals surface area contributed by atoms with E-state index >= 15 is 0 Å². The molecule has 0 aliphatic rings. The van der Waals surface area contributed by atoms with Crippen LogP contribution in [-0.4, -0.2) is 25.1 Å². The van der Waals surface area contributed by atoms with Crippen molar-refractivity contribution in [2.75, 3.05) is 0 Å². The van der Waals surface area contributed by atoms with Crippen LogP contribution in [0.1, 0.15) is 5.69 Å². The Balaban J connectivity index is 1.73. The van der Waals surface area contributed by atoms with E-state index in [2.05, 4.69) is 25.1 Å². The van der Waals surface area contributed by atoms with Gasteiger partial charge in [-0.2, -0.15) is 4.98 Å². The van der Waals surface area contributed by atoms with Gasteiger partial charge in [0, 0.05) is 17.5 Å². The lowest BCUT2D eigenvalue weighted by Crippen LogP contribution is -1.92. The maximum atomic E-state index is 13.4. The highest BCUT2D eigenvalue weighted by Gasteiger charge is 2.14. The van der Waals surface area contributed by atoms with E-state index in [4.69, 9.17) is 4.52 Å². The molecule has 0 atom stereocenters. The summed E-state index contributed by atoms with van der Waals surface area (Å²) in [7, 11) is 0. The van der Waals surface area contributed by atoms with E-state index < -0.39 is 11.6 Å². The van der Waals surface area contributed by atoms with E-state index in [-0.39, 0.29) is 11.7 Å². The van der Waals surface area contributed by atoms with Crippen LogP contribution >= 0.6 is 0 Å². The zero-order valence-corrected chi connectivity index (χ0v) is 13.5. The molecule has 0 bridgehead atoms. The third kappa shape index (κ3) is 3.16. The quantitative estimate of drug-likeness (QED) is 0.558. The highest BCUT2D eigenvalue weighted by Crippen LogP contribution is 2.26. The van der Waals surface area contributed by atoms with E-state index in [0.29, 0.717) is 22.6 Å². The molecule has 0 unspecified atom stereocenters. The van der Waals surface area contributed by atoms with Gasteiger partial charge in [0.25, 0.3) is 5.89 Å². The predicted octanol–water partition coefficient (Wildman–Crippen LogP) is 3.84. The average Bonchev–Trinajstić information content (AvgIpc) is 3.12. The minimum atomic E-state index is -0.456. The molecule has 4 aromatic rings. The Bertz CT molecular complexity index is 1080. The second-order valence-electron chi connectivity index (χ2n) is 5.56. The number of rotatable bonds is 3. The van der Waals surface area contributed by atoms with Gasteiger partial charge in [-0.1, -0.05) is 5.16 Å². The normalized spacial score (nSPS) is 10.9. The first-order chi connectivity index (χ1) is 12.6. The summed E-state index contributed by atoms with van der Waals surface area (Å²) in [6.45, 7) is 1.81. The molecule has 8 heteroatoms. The predicted molar refractivity (Wildman–Crippen MR) is 88.6 cm³/mol. The lowest BCUT2D eigenvalue weighted by Gasteiger charge is -2.04. The van der Waals surface area contributed by atoms with Crippen molar-refractivity contribution >= 4 is 0 Å². The second-order valence-corrected chi connectivity index (χ2v) is 5.56. The molecule has 4 rings (SSSR count). The summed E-state index contributed by atoms with van der Waals surface area (Å²) in [5.41, 5.74) is 2.85. The van der Waals surface area contributed by atoms with Gasteiger partial charge >= 0.3 is 0 Å². The second kappa shape index (κ2) is 6.40. The summed E-state index contributed by atoms with van der Waals surface area (Å²) in [6.07, 6.45) is 3.77. The Labute approximate surface area is 146 Å². The summed E-state index contributed by atoms with van der Waals surface area (Å²) in [5, 5.41) is 3.91. The van der Waals surface area contributed by atoms with Crippen molar-refractivity contribution in [3.63, 3.8) is 0 Å². The Morgan fingerprint density at radius 2 is 1.73 bits per heavy atom. The van der Waals surface area contributed by atoms with E-state index in [9.17, 15) is 8.78 Å². The van der Waals surface area contributed by atoms with Gasteiger partial charge in [0.15, 0.2) is 0 Å². The number of aromatic nitrogens is 5. The van der Waals surface area contributed by atoms with Crippen LogP contribution in [0.2, 0.25) is 0 Å². The lowest BCUT2D eigenvalue weighted by molar-refractivity contribution is 0.430. The fourth-order valence-corrected chi connectivity index (χ4v) is 2.45. The smallest absolute Gasteiger partial charge is 0.276 e. The molecule has 0 fully saturated rings. The summed E-state index contributed by atoms with van der Waals surface area (Å²) >= 11 is 0. The molecule has 0 N–H and O–H groups in total. The molecule has 0 saturated heterocycles. The first kappa shape index (κ1) is 15.9. The van der Waals surface area contributed by atoms with Gasteiger partial charge in [0.1, 0.15) is 23.0 Å². The van der Waals surface area contributed by atoms with Crippen molar-refractivity contribution in [1.82, 2.24) is 25.1 Å². The van der Waals surface area contributed by atoms with E-state index in [1.54, 1.807) is 12.3 Å². The van der Waals surface area contributed by atoms with Gasteiger partial charge in [-0.3, -0.25) is 4.98 Å². The van der Waals surface area contributed by atoms with Crippen LogP contribution in [0.25, 0.3) is 34.2 Å². The molecule has 128 valence electrons. The molecule has 6 nitrogen and oxygen atoms in total. The summed E-state index contributed by atoms with van der Waals surface area (Å²) in [5.74, 6) is -0.484. The minimum Gasteiger partial charge on any atom is -0.332 e. The van der Waals surface area contributed by atoms with Crippen molar-refractivity contribution in [2.24, 2.45) is 0 Å². The van der Waals surface area contributed by atoms with E-state index in [1.165, 1.54) is 18.2 Å². The molecule has 0 aliphatic carbocycles. The number of nitrogens with zero attached hydrogens (tertiary/aromatic N) is 5. The standard InChI is InChI=1S/C18H11F2N5O/c1-10-4-11(12-5-14(20)8-21-7-12)6-16(23-10)17-24-18(26-25-17)15-3-2-13(19)9-22-15/h2-9H,1H3. The number of aryl methyl sites for hydroxylation is 1. The monoisotopic (exact) mass is 351 g/mol. The highest BCUT2D eigenvalue weighted by molar-refractivity contribution is 5.68. The lowest BCUT2D eigenvalue weighted by atomic mass is 10.1. The Kier molecular flexibility index (Phi) is 3.92. The number of pyridine rings is 3. The van der Waals surface area contributed by atoms with Gasteiger partial charge in [-0.05, 0) is 42.8 Å². The molecule has 0 saturated carbocycles. The van der Waals surface area contributed by atoms with Crippen molar-refractivity contribution < 1.29 is 13.3 Å². The van der Waals surface area contributed by atoms with Crippen LogP contribution < -0.4 is 0 Å². The maximum Gasteiger partial charge on any atom is 0.276 e. The Morgan fingerprint density at radius 1 is 0.846 bits per heavy atom. The van der Waals surface area contributed by atoms with Crippen LogP contribution in [0, 0.1) is 18.6 Å². The third-order valence-electron chi connectivity index (χ3n) is 3.59. The van der Waals surface area contributed by atoms with Gasteiger partial charge in [0.05, 0.1) is 12.4 Å². The fourth-order valence-electron chi connectivity index (χ4n) is 2.45. The average molecular weight is 351 g/mol. The van der Waals surface area contributed by atoms with Gasteiger partial charge in [-0.25, -0.2) is 18.7 Å². The zero-order valence-electron chi connectivity index (χ0n) is 13.5. The van der Waals surface area contributed by atoms with Crippen molar-refractivity contribution in [3.8, 4) is 34.2 Å². The first-order valence-corrected chi connectivity index (χ1v) is 7.64. The summed E-state index contributed by atoms with van der Waals surface area (Å²) in [6, 6.07) is 7.61. The van der Waals surface area contributed by atoms with Crippen LogP contribution in [0.3, 0.4) is 0 Å². The van der Waals surface area contributed by atoms with Crippen molar-refractivity contribution in [2.45, 2.75) is 6.92 Å². The SMILES string of the molecule is Cc1cc(-c2cncc(F)c2)cc(-c2noc(-c3ccc(F)cn3)n2)n1. The maximum absolute atomic E-state index is 13.4. The van der Waals surface area contributed by atoms with Crippen LogP contribution in [0.15, 0.2) is 53.4 Å². The Hall–Kier alpha value is -3.55. The molecule has 4 heterocycles. The molecule has 0 spiro atoms. The molecule has 0 amide bonds. The Morgan fingerprint density at radius 3 is 2.50 bits per heavy atom. The van der Waals surface area contributed by atoms with Crippen LogP contribution in [0.5, 0.6) is 0 Å². The molecular weight excluding hydrogens is 340 g/mol. The third-order valence-corrected chi connectivity index (χ3v) is 3.59. The zero-order chi connectivity index (χ0) is 18.1. The van der Waals surface area contributed by atoms with Gasteiger partial charge < -0.3 is 4.52 Å². The summed E-state index contributed by atoms with van der Waals surface area (Å²) < 4.78 is 31.6. The van der Waals surface area contributed by atoms with Gasteiger partial charge in [-0.15, -0.1) is 0 Å². The molecular formula is C18H11F2N5O. The molecule has 0 aromatic carbocycles.